The van der Waals surface area contributed by atoms with E-state index in [2.05, 4.69) is 46.5 Å². The van der Waals surface area contributed by atoms with E-state index in [1.165, 1.54) is 5.56 Å². The van der Waals surface area contributed by atoms with Gasteiger partial charge in [0.25, 0.3) is 5.56 Å². The SMILES string of the molecule is CC1(C)c2ccc(C3CCN(C(=O)C45CCC(CO)(CC4)C5)CC3)cc2-n2c1nc(=O)c1c(Cl)cccc12. The van der Waals surface area contributed by atoms with Crippen LogP contribution in [0.3, 0.4) is 0 Å². The summed E-state index contributed by atoms with van der Waals surface area (Å²) in [5.74, 6) is 1.45. The number of nitrogens with zero attached hydrogens (tertiary/aromatic N) is 3. The third kappa shape index (κ3) is 3.26. The number of hydrogen-bond acceptors (Lipinski definition) is 4. The highest BCUT2D eigenvalue weighted by atomic mass is 35.5. The minimum Gasteiger partial charge on any atom is -0.396 e. The summed E-state index contributed by atoms with van der Waals surface area (Å²) in [6.45, 7) is 6.02. The Kier molecular flexibility index (Phi) is 5.22. The van der Waals surface area contributed by atoms with Crippen molar-refractivity contribution in [3.63, 3.8) is 0 Å². The van der Waals surface area contributed by atoms with Gasteiger partial charge in [0.1, 0.15) is 5.82 Å². The van der Waals surface area contributed by atoms with E-state index < -0.39 is 5.41 Å². The molecule has 2 aromatic carbocycles. The lowest BCUT2D eigenvalue weighted by Crippen LogP contribution is -2.45. The molecule has 6 nitrogen and oxygen atoms in total. The first-order valence-electron chi connectivity index (χ1n) is 13.9. The average Bonchev–Trinajstić information content (AvgIpc) is 3.57. The van der Waals surface area contributed by atoms with Crippen molar-refractivity contribution in [2.45, 2.75) is 70.1 Å². The Morgan fingerprint density at radius 1 is 1.11 bits per heavy atom. The molecule has 0 atom stereocenters. The van der Waals surface area contributed by atoms with Gasteiger partial charge in [0.15, 0.2) is 0 Å². The van der Waals surface area contributed by atoms with Gasteiger partial charge in [-0.05, 0) is 99.5 Å². The molecule has 1 saturated heterocycles. The van der Waals surface area contributed by atoms with E-state index in [1.54, 1.807) is 6.07 Å². The van der Waals surface area contributed by atoms with Crippen LogP contribution in [0.4, 0.5) is 0 Å². The van der Waals surface area contributed by atoms with Crippen LogP contribution >= 0.6 is 11.6 Å². The smallest absolute Gasteiger partial charge is 0.282 e. The van der Waals surface area contributed by atoms with Gasteiger partial charge in [0.05, 0.1) is 32.4 Å². The summed E-state index contributed by atoms with van der Waals surface area (Å²) in [5.41, 5.74) is 3.37. The zero-order chi connectivity index (χ0) is 26.4. The number of hydrogen-bond donors (Lipinski definition) is 1. The van der Waals surface area contributed by atoms with Gasteiger partial charge in [-0.2, -0.15) is 4.98 Å². The maximum Gasteiger partial charge on any atom is 0.282 e. The summed E-state index contributed by atoms with van der Waals surface area (Å²) in [7, 11) is 0. The monoisotopic (exact) mass is 531 g/mol. The normalized spacial score (nSPS) is 27.6. The van der Waals surface area contributed by atoms with E-state index in [-0.39, 0.29) is 23.0 Å². The van der Waals surface area contributed by atoms with Gasteiger partial charge >= 0.3 is 0 Å². The molecule has 38 heavy (non-hydrogen) atoms. The van der Waals surface area contributed by atoms with Crippen LogP contribution in [0, 0.1) is 10.8 Å². The van der Waals surface area contributed by atoms with Crippen molar-refractivity contribution in [2.24, 2.45) is 10.8 Å². The second-order valence-corrected chi connectivity index (χ2v) is 13.2. The van der Waals surface area contributed by atoms with E-state index in [0.717, 1.165) is 80.6 Å². The molecular weight excluding hydrogens is 498 g/mol. The van der Waals surface area contributed by atoms with Crippen molar-refractivity contribution < 1.29 is 9.90 Å². The lowest BCUT2D eigenvalue weighted by molar-refractivity contribution is -0.142. The number of amides is 1. The fraction of sp³-hybridized carbons (Fsp3) is 0.516. The number of benzene rings is 2. The molecule has 198 valence electrons. The number of aromatic nitrogens is 2. The predicted molar refractivity (Wildman–Crippen MR) is 148 cm³/mol. The first kappa shape index (κ1) is 24.3. The third-order valence-corrected chi connectivity index (χ3v) is 10.7. The van der Waals surface area contributed by atoms with Crippen molar-refractivity contribution in [3.8, 4) is 5.69 Å². The van der Waals surface area contributed by atoms with Gasteiger partial charge in [0, 0.05) is 19.7 Å². The van der Waals surface area contributed by atoms with Crippen LogP contribution in [0.25, 0.3) is 16.6 Å². The minimum atomic E-state index is -0.398. The van der Waals surface area contributed by atoms with Crippen LogP contribution in [0.2, 0.25) is 5.02 Å². The highest BCUT2D eigenvalue weighted by Gasteiger charge is 2.58. The molecule has 0 radical (unpaired) electrons. The highest BCUT2D eigenvalue weighted by molar-refractivity contribution is 6.35. The molecule has 7 rings (SSSR count). The molecule has 1 N–H and O–H groups in total. The number of carbonyl (C=O) groups is 1. The topological polar surface area (TPSA) is 75.4 Å². The summed E-state index contributed by atoms with van der Waals surface area (Å²) in [4.78, 5) is 33.2. The van der Waals surface area contributed by atoms with E-state index in [4.69, 9.17) is 11.6 Å². The number of halogens is 1. The molecule has 2 saturated carbocycles. The Labute approximate surface area is 227 Å². The number of aliphatic hydroxyl groups is 1. The van der Waals surface area contributed by atoms with Crippen LogP contribution in [0.15, 0.2) is 41.2 Å². The fourth-order valence-electron chi connectivity index (χ4n) is 8.11. The largest absolute Gasteiger partial charge is 0.396 e. The first-order valence-corrected chi connectivity index (χ1v) is 14.3. The van der Waals surface area contributed by atoms with Crippen LogP contribution in [-0.2, 0) is 10.2 Å². The molecular formula is C31H34ClN3O3. The molecule has 7 heteroatoms. The van der Waals surface area contributed by atoms with Crippen molar-refractivity contribution in [1.29, 1.82) is 0 Å². The number of fused-ring (bicyclic) bond motifs is 7. The summed E-state index contributed by atoms with van der Waals surface area (Å²) in [6, 6.07) is 12.3. The number of rotatable bonds is 3. The predicted octanol–water partition coefficient (Wildman–Crippen LogP) is 5.33. The number of likely N-dealkylation sites (tertiary alicyclic amines) is 1. The Bertz CT molecular complexity index is 1540. The zero-order valence-electron chi connectivity index (χ0n) is 22.1. The molecule has 0 spiro atoms. The van der Waals surface area contributed by atoms with Crippen LogP contribution < -0.4 is 5.56 Å². The van der Waals surface area contributed by atoms with Crippen LogP contribution in [0.1, 0.15) is 81.7 Å². The van der Waals surface area contributed by atoms with Gasteiger partial charge in [-0.15, -0.1) is 0 Å². The lowest BCUT2D eigenvalue weighted by atomic mass is 9.80. The van der Waals surface area contributed by atoms with E-state index in [9.17, 15) is 14.7 Å². The third-order valence-electron chi connectivity index (χ3n) is 10.4. The highest BCUT2D eigenvalue weighted by Crippen LogP contribution is 2.62. The average molecular weight is 532 g/mol. The fourth-order valence-corrected chi connectivity index (χ4v) is 8.36. The van der Waals surface area contributed by atoms with E-state index in [1.807, 2.05) is 12.1 Å². The molecule has 3 fully saturated rings. The molecule has 2 bridgehead atoms. The van der Waals surface area contributed by atoms with Crippen LogP contribution in [0.5, 0.6) is 0 Å². The molecule has 0 unspecified atom stereocenters. The van der Waals surface area contributed by atoms with Gasteiger partial charge in [0.2, 0.25) is 5.91 Å². The van der Waals surface area contributed by atoms with Crippen molar-refractivity contribution >= 4 is 28.4 Å². The molecule has 3 aromatic rings. The van der Waals surface area contributed by atoms with E-state index in [0.29, 0.717) is 22.2 Å². The maximum atomic E-state index is 13.6. The molecule has 2 aliphatic carbocycles. The van der Waals surface area contributed by atoms with Gasteiger partial charge in [-0.1, -0.05) is 29.8 Å². The van der Waals surface area contributed by atoms with Crippen molar-refractivity contribution in [3.05, 3.63) is 68.7 Å². The van der Waals surface area contributed by atoms with Crippen molar-refractivity contribution in [2.75, 3.05) is 19.7 Å². The Morgan fingerprint density at radius 3 is 2.53 bits per heavy atom. The first-order chi connectivity index (χ1) is 18.2. The standard InChI is InChI=1S/C31H34ClN3O3/c1-29(2)21-7-6-20(16-24(21)35-23-5-3-4-22(32)25(23)26(37)33-27(29)35)19-8-14-34(15-9-19)28(38)31-12-10-30(17-31,18-36)11-13-31/h3-7,16,19,36H,8-15,17-18H2,1-2H3. The zero-order valence-corrected chi connectivity index (χ0v) is 22.9. The number of aliphatic hydroxyl groups excluding tert-OH is 1. The summed E-state index contributed by atoms with van der Waals surface area (Å²) in [6.07, 6.45) is 6.58. The summed E-state index contributed by atoms with van der Waals surface area (Å²) < 4.78 is 2.12. The molecule has 1 aromatic heterocycles. The van der Waals surface area contributed by atoms with Gasteiger partial charge in [-0.25, -0.2) is 0 Å². The quantitative estimate of drug-likeness (QED) is 0.496. The molecule has 1 amide bonds. The van der Waals surface area contributed by atoms with Gasteiger partial charge in [-0.3, -0.25) is 14.2 Å². The van der Waals surface area contributed by atoms with Gasteiger partial charge < -0.3 is 10.0 Å². The Morgan fingerprint density at radius 2 is 1.84 bits per heavy atom. The lowest BCUT2D eigenvalue weighted by Gasteiger charge is -2.38. The summed E-state index contributed by atoms with van der Waals surface area (Å²) >= 11 is 6.44. The Balaban J connectivity index is 1.18. The molecule has 2 aliphatic heterocycles. The maximum absolute atomic E-state index is 13.6. The Hall–Kier alpha value is -2.70. The summed E-state index contributed by atoms with van der Waals surface area (Å²) in [5, 5.41) is 10.8. The molecule has 4 aliphatic rings. The van der Waals surface area contributed by atoms with Crippen LogP contribution in [-0.4, -0.2) is 45.2 Å². The van der Waals surface area contributed by atoms with Crippen molar-refractivity contribution in [1.82, 2.24) is 14.5 Å². The number of piperidine rings is 1. The second kappa shape index (κ2) is 8.15. The molecule has 3 heterocycles. The number of carbonyl (C=O) groups excluding carboxylic acids is 1. The van der Waals surface area contributed by atoms with E-state index >= 15 is 0 Å². The minimum absolute atomic E-state index is 0.00373. The second-order valence-electron chi connectivity index (χ2n) is 12.8.